The summed E-state index contributed by atoms with van der Waals surface area (Å²) in [4.78, 5) is 0. The Morgan fingerprint density at radius 2 is 1.82 bits per heavy atom. The van der Waals surface area contributed by atoms with Crippen LogP contribution in [0.3, 0.4) is 0 Å². The molecule has 1 atom stereocenters. The van der Waals surface area contributed by atoms with Crippen molar-refractivity contribution in [1.82, 2.24) is 5.32 Å². The number of benzene rings is 1. The largest absolute Gasteiger partial charge is 0.311 e. The Balaban J connectivity index is 2.18. The highest BCUT2D eigenvalue weighted by Gasteiger charge is 2.26. The van der Waals surface area contributed by atoms with E-state index in [0.717, 1.165) is 0 Å². The first-order valence-corrected chi connectivity index (χ1v) is 6.91. The Bertz CT molecular complexity index is 353. The van der Waals surface area contributed by atoms with Gasteiger partial charge in [0, 0.05) is 5.54 Å². The van der Waals surface area contributed by atoms with Crippen molar-refractivity contribution in [2.45, 2.75) is 58.4 Å². The number of rotatable bonds is 2. The minimum Gasteiger partial charge on any atom is -0.311 e. The molecule has 0 saturated carbocycles. The van der Waals surface area contributed by atoms with Crippen LogP contribution in [0.25, 0.3) is 0 Å². The van der Waals surface area contributed by atoms with Crippen molar-refractivity contribution in [3.8, 4) is 0 Å². The zero-order chi connectivity index (χ0) is 12.3. The van der Waals surface area contributed by atoms with Gasteiger partial charge >= 0.3 is 0 Å². The van der Waals surface area contributed by atoms with Crippen molar-refractivity contribution in [3.63, 3.8) is 0 Å². The summed E-state index contributed by atoms with van der Waals surface area (Å²) in [5.74, 6) is 0. The quantitative estimate of drug-likeness (QED) is 0.817. The highest BCUT2D eigenvalue weighted by Crippen LogP contribution is 2.26. The van der Waals surface area contributed by atoms with Crippen LogP contribution in [0.5, 0.6) is 0 Å². The van der Waals surface area contributed by atoms with E-state index < -0.39 is 0 Å². The van der Waals surface area contributed by atoms with Crippen LogP contribution >= 0.6 is 0 Å². The molecule has 0 spiro atoms. The summed E-state index contributed by atoms with van der Waals surface area (Å²) in [5, 5.41) is 3.76. The van der Waals surface area contributed by atoms with E-state index in [4.69, 9.17) is 0 Å². The van der Waals surface area contributed by atoms with Crippen LogP contribution < -0.4 is 5.32 Å². The molecule has 17 heavy (non-hydrogen) atoms. The summed E-state index contributed by atoms with van der Waals surface area (Å²) in [6.45, 7) is 8.05. The standard InChI is InChI=1S/C16H25N/c1-13-8-7-9-14(2)15(13)12-16(3)10-5-4-6-11-17-16/h7-9,17H,4-6,10-12H2,1-3H3. The average molecular weight is 231 g/mol. The topological polar surface area (TPSA) is 12.0 Å². The van der Waals surface area contributed by atoms with Gasteiger partial charge in [-0.25, -0.2) is 0 Å². The fourth-order valence-electron chi connectivity index (χ4n) is 2.96. The lowest BCUT2D eigenvalue weighted by atomic mass is 9.85. The summed E-state index contributed by atoms with van der Waals surface area (Å²) in [7, 11) is 0. The molecule has 0 radical (unpaired) electrons. The Hall–Kier alpha value is -0.820. The van der Waals surface area contributed by atoms with Gasteiger partial charge in [0.2, 0.25) is 0 Å². The second-order valence-corrected chi connectivity index (χ2v) is 5.85. The first-order valence-electron chi connectivity index (χ1n) is 6.91. The SMILES string of the molecule is Cc1cccc(C)c1CC1(C)CCCCCN1. The van der Waals surface area contributed by atoms with Crippen molar-refractivity contribution >= 4 is 0 Å². The Morgan fingerprint density at radius 1 is 1.12 bits per heavy atom. The molecule has 1 fully saturated rings. The van der Waals surface area contributed by atoms with Gasteiger partial charge in [-0.15, -0.1) is 0 Å². The average Bonchev–Trinajstić information content (AvgIpc) is 2.49. The van der Waals surface area contributed by atoms with Crippen LogP contribution in [-0.2, 0) is 6.42 Å². The van der Waals surface area contributed by atoms with E-state index >= 15 is 0 Å². The van der Waals surface area contributed by atoms with Crippen LogP contribution in [0.1, 0.15) is 49.3 Å². The van der Waals surface area contributed by atoms with Crippen molar-refractivity contribution in [3.05, 3.63) is 34.9 Å². The molecule has 0 bridgehead atoms. The van der Waals surface area contributed by atoms with Crippen molar-refractivity contribution in [2.24, 2.45) is 0 Å². The monoisotopic (exact) mass is 231 g/mol. The molecular formula is C16H25N. The van der Waals surface area contributed by atoms with Crippen molar-refractivity contribution < 1.29 is 0 Å². The summed E-state index contributed by atoms with van der Waals surface area (Å²) in [5.41, 5.74) is 4.73. The second-order valence-electron chi connectivity index (χ2n) is 5.85. The summed E-state index contributed by atoms with van der Waals surface area (Å²) >= 11 is 0. The number of hydrogen-bond donors (Lipinski definition) is 1. The summed E-state index contributed by atoms with van der Waals surface area (Å²) in [6, 6.07) is 6.64. The normalized spacial score (nSPS) is 25.6. The predicted octanol–water partition coefficient (Wildman–Crippen LogP) is 3.77. The van der Waals surface area contributed by atoms with Gasteiger partial charge in [0.05, 0.1) is 0 Å². The first kappa shape index (κ1) is 12.6. The maximum absolute atomic E-state index is 3.76. The molecule has 1 saturated heterocycles. The Labute approximate surface area is 106 Å². The molecule has 0 aromatic heterocycles. The Morgan fingerprint density at radius 3 is 2.53 bits per heavy atom. The Kier molecular flexibility index (Phi) is 3.88. The third-order valence-electron chi connectivity index (χ3n) is 4.17. The number of hydrogen-bond acceptors (Lipinski definition) is 1. The lowest BCUT2D eigenvalue weighted by molar-refractivity contribution is 0.344. The molecule has 1 aliphatic rings. The van der Waals surface area contributed by atoms with Crippen molar-refractivity contribution in [1.29, 1.82) is 0 Å². The second kappa shape index (κ2) is 5.22. The molecule has 1 aromatic carbocycles. The highest BCUT2D eigenvalue weighted by atomic mass is 15.0. The smallest absolute Gasteiger partial charge is 0.0193 e. The van der Waals surface area contributed by atoms with Gasteiger partial charge in [-0.05, 0) is 63.3 Å². The van der Waals surface area contributed by atoms with Gasteiger partial charge in [-0.3, -0.25) is 0 Å². The third kappa shape index (κ3) is 3.10. The van der Waals surface area contributed by atoms with Gasteiger partial charge in [0.15, 0.2) is 0 Å². The molecule has 1 unspecified atom stereocenters. The van der Waals surface area contributed by atoms with E-state index in [2.05, 4.69) is 44.3 Å². The van der Waals surface area contributed by atoms with E-state index in [1.165, 1.54) is 49.8 Å². The van der Waals surface area contributed by atoms with Crippen LogP contribution in [0, 0.1) is 13.8 Å². The van der Waals surface area contributed by atoms with E-state index in [9.17, 15) is 0 Å². The molecule has 0 amide bonds. The molecule has 94 valence electrons. The summed E-state index contributed by atoms with van der Waals surface area (Å²) in [6.07, 6.45) is 6.57. The van der Waals surface area contributed by atoms with E-state index in [-0.39, 0.29) is 0 Å². The molecule has 0 aliphatic carbocycles. The molecule has 2 rings (SSSR count). The molecular weight excluding hydrogens is 206 g/mol. The first-order chi connectivity index (χ1) is 8.11. The third-order valence-corrected chi connectivity index (χ3v) is 4.17. The molecule has 1 heterocycles. The van der Waals surface area contributed by atoms with Crippen LogP contribution in [0.4, 0.5) is 0 Å². The van der Waals surface area contributed by atoms with Gasteiger partial charge in [-0.1, -0.05) is 31.0 Å². The molecule has 1 heteroatoms. The number of aryl methyl sites for hydroxylation is 2. The van der Waals surface area contributed by atoms with E-state index in [0.29, 0.717) is 5.54 Å². The molecule has 1 nitrogen and oxygen atoms in total. The van der Waals surface area contributed by atoms with Crippen LogP contribution in [-0.4, -0.2) is 12.1 Å². The minimum absolute atomic E-state index is 0.299. The highest BCUT2D eigenvalue weighted by molar-refractivity contribution is 5.34. The van der Waals surface area contributed by atoms with Crippen molar-refractivity contribution in [2.75, 3.05) is 6.54 Å². The van der Waals surface area contributed by atoms with Gasteiger partial charge in [0.25, 0.3) is 0 Å². The fourth-order valence-corrected chi connectivity index (χ4v) is 2.96. The zero-order valence-electron chi connectivity index (χ0n) is 11.5. The summed E-state index contributed by atoms with van der Waals surface area (Å²) < 4.78 is 0. The lowest BCUT2D eigenvalue weighted by Crippen LogP contribution is -2.43. The van der Waals surface area contributed by atoms with Crippen LogP contribution in [0.2, 0.25) is 0 Å². The predicted molar refractivity (Wildman–Crippen MR) is 74.5 cm³/mol. The molecule has 1 aliphatic heterocycles. The van der Waals surface area contributed by atoms with Gasteiger partial charge in [-0.2, -0.15) is 0 Å². The minimum atomic E-state index is 0.299. The fraction of sp³-hybridized carbons (Fsp3) is 0.625. The maximum atomic E-state index is 3.76. The van der Waals surface area contributed by atoms with Gasteiger partial charge in [0.1, 0.15) is 0 Å². The zero-order valence-corrected chi connectivity index (χ0v) is 11.5. The maximum Gasteiger partial charge on any atom is 0.0193 e. The molecule has 1 aromatic rings. The lowest BCUT2D eigenvalue weighted by Gasteiger charge is -2.31. The van der Waals surface area contributed by atoms with Crippen LogP contribution in [0.15, 0.2) is 18.2 Å². The van der Waals surface area contributed by atoms with E-state index in [1.807, 2.05) is 0 Å². The molecule has 1 N–H and O–H groups in total. The number of nitrogens with one attached hydrogen (secondary N) is 1. The van der Waals surface area contributed by atoms with E-state index in [1.54, 1.807) is 5.56 Å². The van der Waals surface area contributed by atoms with Gasteiger partial charge < -0.3 is 5.32 Å².